The summed E-state index contributed by atoms with van der Waals surface area (Å²) in [5.41, 5.74) is 5.98. The normalized spacial score (nSPS) is 11.2. The zero-order valence-corrected chi connectivity index (χ0v) is 15.2. The molecule has 0 aliphatic carbocycles. The second-order valence-electron chi connectivity index (χ2n) is 6.69. The van der Waals surface area contributed by atoms with Gasteiger partial charge in [-0.25, -0.2) is 9.97 Å². The highest BCUT2D eigenvalue weighted by molar-refractivity contribution is 6.03. The van der Waals surface area contributed by atoms with Gasteiger partial charge in [0.15, 0.2) is 0 Å². The molecule has 0 saturated carbocycles. The fourth-order valence-electron chi connectivity index (χ4n) is 3.31. The lowest BCUT2D eigenvalue weighted by atomic mass is 10.1. The molecular weight excluding hydrogens is 350 g/mol. The Kier molecular flexibility index (Phi) is 3.69. The molecule has 1 amide bonds. The fourth-order valence-corrected chi connectivity index (χ4v) is 3.31. The molecule has 6 nitrogen and oxygen atoms in total. The van der Waals surface area contributed by atoms with E-state index in [2.05, 4.69) is 32.4 Å². The van der Waals surface area contributed by atoms with Gasteiger partial charge in [-0.05, 0) is 41.8 Å². The molecule has 136 valence electrons. The number of hydrogen-bond donors (Lipinski definition) is 2. The molecule has 0 saturated heterocycles. The number of hydrogen-bond acceptors (Lipinski definition) is 3. The largest absolute Gasteiger partial charge is 0.324 e. The molecule has 0 aliphatic heterocycles. The molecule has 3 aromatic heterocycles. The number of fused-ring (bicyclic) bond motifs is 2. The summed E-state index contributed by atoms with van der Waals surface area (Å²) in [5.74, 6) is 0.101. The lowest BCUT2D eigenvalue weighted by molar-refractivity contribution is 0.102. The fraction of sp³-hybridized carbons (Fsp3) is 0.0455. The van der Waals surface area contributed by atoms with Crippen LogP contribution in [-0.4, -0.2) is 25.3 Å². The first-order valence-corrected chi connectivity index (χ1v) is 8.98. The van der Waals surface area contributed by atoms with E-state index in [4.69, 9.17) is 0 Å². The van der Waals surface area contributed by atoms with E-state index in [-0.39, 0.29) is 5.91 Å². The van der Waals surface area contributed by atoms with Crippen LogP contribution in [0.2, 0.25) is 0 Å². The Morgan fingerprint density at radius 3 is 2.68 bits per heavy atom. The molecule has 28 heavy (non-hydrogen) atoms. The molecule has 2 N–H and O–H groups in total. The number of anilines is 1. The number of H-pyrrole nitrogens is 1. The first-order chi connectivity index (χ1) is 13.7. The number of pyridine rings is 1. The quantitative estimate of drug-likeness (QED) is 0.495. The Morgan fingerprint density at radius 2 is 1.86 bits per heavy atom. The molecule has 0 spiro atoms. The molecule has 0 fully saturated rings. The van der Waals surface area contributed by atoms with Crippen LogP contribution in [0.1, 0.15) is 16.1 Å². The number of rotatable bonds is 3. The van der Waals surface area contributed by atoms with Crippen molar-refractivity contribution >= 4 is 28.5 Å². The third kappa shape index (κ3) is 2.81. The van der Waals surface area contributed by atoms with Crippen LogP contribution in [0.15, 0.2) is 73.1 Å². The SMILES string of the molecule is Cc1cccn2cc(C(=O)Nc3nc4cc(-c5ccccc5)ccc4[nH]3)nc12. The van der Waals surface area contributed by atoms with E-state index in [9.17, 15) is 4.79 Å². The number of nitrogens with zero attached hydrogens (tertiary/aromatic N) is 3. The summed E-state index contributed by atoms with van der Waals surface area (Å²) in [6.07, 6.45) is 3.59. The maximum absolute atomic E-state index is 12.6. The lowest BCUT2D eigenvalue weighted by Gasteiger charge is -2.00. The van der Waals surface area contributed by atoms with Crippen LogP contribution in [0.3, 0.4) is 0 Å². The first-order valence-electron chi connectivity index (χ1n) is 8.98. The third-order valence-corrected chi connectivity index (χ3v) is 4.73. The van der Waals surface area contributed by atoms with E-state index in [1.54, 1.807) is 6.20 Å². The smallest absolute Gasteiger partial charge is 0.278 e. The van der Waals surface area contributed by atoms with Gasteiger partial charge in [-0.3, -0.25) is 10.1 Å². The van der Waals surface area contributed by atoms with Gasteiger partial charge < -0.3 is 9.38 Å². The average molecular weight is 367 g/mol. The van der Waals surface area contributed by atoms with E-state index in [0.29, 0.717) is 11.6 Å². The van der Waals surface area contributed by atoms with Gasteiger partial charge in [-0.2, -0.15) is 0 Å². The van der Waals surface area contributed by atoms with E-state index >= 15 is 0 Å². The number of amides is 1. The summed E-state index contributed by atoms with van der Waals surface area (Å²) < 4.78 is 1.84. The van der Waals surface area contributed by atoms with Crippen LogP contribution >= 0.6 is 0 Å². The summed E-state index contributed by atoms with van der Waals surface area (Å²) in [4.78, 5) is 24.7. The zero-order valence-electron chi connectivity index (χ0n) is 15.2. The maximum Gasteiger partial charge on any atom is 0.278 e. The van der Waals surface area contributed by atoms with Gasteiger partial charge in [0.1, 0.15) is 11.3 Å². The topological polar surface area (TPSA) is 75.1 Å². The average Bonchev–Trinajstić information content (AvgIpc) is 3.32. The molecule has 6 heteroatoms. The minimum atomic E-state index is -0.301. The minimum absolute atomic E-state index is 0.301. The standard InChI is InChI=1S/C22H17N5O/c1-14-6-5-11-27-13-19(23-20(14)27)21(28)26-22-24-17-10-9-16(12-18(17)25-22)15-7-3-2-4-8-15/h2-13H,1H3,(H2,24,25,26,28). The molecular formula is C22H17N5O. The number of aromatic nitrogens is 4. The van der Waals surface area contributed by atoms with Crippen LogP contribution in [0.5, 0.6) is 0 Å². The second-order valence-corrected chi connectivity index (χ2v) is 6.69. The molecule has 0 unspecified atom stereocenters. The van der Waals surface area contributed by atoms with Crippen molar-refractivity contribution in [2.45, 2.75) is 6.92 Å². The number of benzene rings is 2. The van der Waals surface area contributed by atoms with E-state index < -0.39 is 0 Å². The van der Waals surface area contributed by atoms with Gasteiger partial charge in [0.2, 0.25) is 5.95 Å². The van der Waals surface area contributed by atoms with E-state index in [0.717, 1.165) is 33.4 Å². The van der Waals surface area contributed by atoms with Crippen molar-refractivity contribution in [1.82, 2.24) is 19.4 Å². The molecule has 0 radical (unpaired) electrons. The highest BCUT2D eigenvalue weighted by Gasteiger charge is 2.14. The first kappa shape index (κ1) is 16.3. The molecule has 2 aromatic carbocycles. The van der Waals surface area contributed by atoms with E-state index in [1.165, 1.54) is 0 Å². The molecule has 0 aliphatic rings. The summed E-state index contributed by atoms with van der Waals surface area (Å²) in [6, 6.07) is 20.0. The summed E-state index contributed by atoms with van der Waals surface area (Å²) in [5, 5.41) is 2.81. The highest BCUT2D eigenvalue weighted by Crippen LogP contribution is 2.24. The van der Waals surface area contributed by atoms with Gasteiger partial charge in [0.05, 0.1) is 11.0 Å². The summed E-state index contributed by atoms with van der Waals surface area (Å²) in [6.45, 7) is 1.97. The lowest BCUT2D eigenvalue weighted by Crippen LogP contribution is -2.13. The van der Waals surface area contributed by atoms with Crippen molar-refractivity contribution in [2.24, 2.45) is 0 Å². The van der Waals surface area contributed by atoms with Gasteiger partial charge in [-0.15, -0.1) is 0 Å². The van der Waals surface area contributed by atoms with Crippen molar-refractivity contribution in [3.8, 4) is 11.1 Å². The Labute approximate surface area is 160 Å². The van der Waals surface area contributed by atoms with Crippen LogP contribution in [0, 0.1) is 6.92 Å². The molecule has 0 bridgehead atoms. The number of carbonyl (C=O) groups excluding carboxylic acids is 1. The monoisotopic (exact) mass is 367 g/mol. The highest BCUT2D eigenvalue weighted by atomic mass is 16.2. The van der Waals surface area contributed by atoms with Crippen molar-refractivity contribution in [1.29, 1.82) is 0 Å². The summed E-state index contributed by atoms with van der Waals surface area (Å²) in [7, 11) is 0. The number of aryl methyl sites for hydroxylation is 1. The third-order valence-electron chi connectivity index (χ3n) is 4.73. The maximum atomic E-state index is 12.6. The van der Waals surface area contributed by atoms with Crippen molar-refractivity contribution in [3.05, 3.63) is 84.3 Å². The number of nitrogens with one attached hydrogen (secondary N) is 2. The number of imidazole rings is 2. The van der Waals surface area contributed by atoms with Crippen LogP contribution < -0.4 is 5.32 Å². The van der Waals surface area contributed by atoms with Crippen molar-refractivity contribution in [2.75, 3.05) is 5.32 Å². The van der Waals surface area contributed by atoms with Gasteiger partial charge >= 0.3 is 0 Å². The predicted octanol–water partition coefficient (Wildman–Crippen LogP) is 4.44. The zero-order chi connectivity index (χ0) is 19.1. The van der Waals surface area contributed by atoms with E-state index in [1.807, 2.05) is 66.1 Å². The predicted molar refractivity (Wildman–Crippen MR) is 109 cm³/mol. The Morgan fingerprint density at radius 1 is 1.00 bits per heavy atom. The van der Waals surface area contributed by atoms with Gasteiger partial charge in [0, 0.05) is 12.4 Å². The second kappa shape index (κ2) is 6.35. The van der Waals surface area contributed by atoms with Gasteiger partial charge in [0.25, 0.3) is 5.91 Å². The molecule has 3 heterocycles. The minimum Gasteiger partial charge on any atom is -0.324 e. The van der Waals surface area contributed by atoms with Crippen molar-refractivity contribution in [3.63, 3.8) is 0 Å². The van der Waals surface area contributed by atoms with Gasteiger partial charge in [-0.1, -0.05) is 42.5 Å². The molecule has 0 atom stereocenters. The van der Waals surface area contributed by atoms with Crippen LogP contribution in [0.25, 0.3) is 27.8 Å². The Hall–Kier alpha value is -3.93. The van der Waals surface area contributed by atoms with Crippen LogP contribution in [-0.2, 0) is 0 Å². The number of carbonyl (C=O) groups is 1. The van der Waals surface area contributed by atoms with Crippen LogP contribution in [0.4, 0.5) is 5.95 Å². The Balaban J connectivity index is 1.44. The summed E-state index contributed by atoms with van der Waals surface area (Å²) >= 11 is 0. The molecule has 5 aromatic rings. The van der Waals surface area contributed by atoms with Crippen molar-refractivity contribution < 1.29 is 4.79 Å². The number of aromatic amines is 1. The molecule has 5 rings (SSSR count). The Bertz CT molecular complexity index is 1320.